The van der Waals surface area contributed by atoms with Crippen molar-refractivity contribution >= 4 is 11.8 Å². The molecule has 0 radical (unpaired) electrons. The number of carbonyl (C=O) groups is 2. The van der Waals surface area contributed by atoms with Gasteiger partial charge in [0.05, 0.1) is 14.6 Å². The highest BCUT2D eigenvalue weighted by Gasteiger charge is 2.39. The number of aliphatic hydroxyl groups excluding tert-OH is 1. The molecule has 126 valence electrons. The number of Topliss-reactive ketones (excluding diaryl/α,β-unsaturated/α-hetero) is 1. The van der Waals surface area contributed by atoms with E-state index < -0.39 is 6.10 Å². The highest BCUT2D eigenvalue weighted by Crippen LogP contribution is 2.34. The molecule has 0 heterocycles. The number of esters is 1. The molecule has 0 amide bonds. The normalized spacial score (nSPS) is 25.6. The number of hydrogen-bond acceptors (Lipinski definition) is 4. The zero-order valence-electron chi connectivity index (χ0n) is 14.6. The topological polar surface area (TPSA) is 63.6 Å². The molecule has 1 N–H and O–H groups in total. The number of methoxy groups -OCH3 is 1. The van der Waals surface area contributed by atoms with Gasteiger partial charge in [-0.3, -0.25) is 9.59 Å². The zero-order chi connectivity index (χ0) is 17.1. The Morgan fingerprint density at radius 3 is 2.91 bits per heavy atom. The van der Waals surface area contributed by atoms with Crippen molar-refractivity contribution < 1.29 is 20.8 Å². The molecule has 1 fully saturated rings. The van der Waals surface area contributed by atoms with E-state index in [2.05, 4.69) is 17.7 Å². The second-order valence-corrected chi connectivity index (χ2v) is 6.11. The van der Waals surface area contributed by atoms with Gasteiger partial charge in [-0.2, -0.15) is 0 Å². The quantitative estimate of drug-likeness (QED) is 0.381. The first kappa shape index (κ1) is 17.2. The van der Waals surface area contributed by atoms with Crippen LogP contribution in [0.1, 0.15) is 66.1 Å². The highest BCUT2D eigenvalue weighted by atomic mass is 16.5. The Morgan fingerprint density at radius 1 is 1.41 bits per heavy atom. The third-order valence-corrected chi connectivity index (χ3v) is 4.35. The molecule has 1 rings (SSSR count). The second kappa shape index (κ2) is 10.5. The first-order chi connectivity index (χ1) is 11.1. The van der Waals surface area contributed by atoms with E-state index in [1.165, 1.54) is 0 Å². The van der Waals surface area contributed by atoms with Gasteiger partial charge in [-0.15, -0.1) is 0 Å². The van der Waals surface area contributed by atoms with E-state index in [9.17, 15) is 14.7 Å². The molecule has 1 saturated carbocycles. The summed E-state index contributed by atoms with van der Waals surface area (Å²) in [4.78, 5) is 23.1. The average Bonchev–Trinajstić information content (AvgIpc) is 2.77. The Bertz CT molecular complexity index is 394. The summed E-state index contributed by atoms with van der Waals surface area (Å²) in [7, 11) is -0.308. The molecule has 0 aliphatic heterocycles. The van der Waals surface area contributed by atoms with E-state index in [0.717, 1.165) is 44.9 Å². The number of allylic oxidation sites excluding steroid dienone is 1. The van der Waals surface area contributed by atoms with Crippen LogP contribution in [-0.4, -0.2) is 30.0 Å². The van der Waals surface area contributed by atoms with Crippen molar-refractivity contribution in [2.24, 2.45) is 11.8 Å². The fraction of sp³-hybridized carbons (Fsp3) is 0.778. The zero-order valence-corrected chi connectivity index (χ0v) is 13.6. The lowest BCUT2D eigenvalue weighted by atomic mass is 9.88. The number of carbonyl (C=O) groups excluding carboxylic acids is 2. The van der Waals surface area contributed by atoms with Crippen molar-refractivity contribution in [3.05, 3.63) is 12.2 Å². The summed E-state index contributed by atoms with van der Waals surface area (Å²) >= 11 is 0. The van der Waals surface area contributed by atoms with Crippen LogP contribution < -0.4 is 0 Å². The number of unbranched alkanes of at least 4 members (excludes halogenated alkanes) is 4. The molecule has 0 spiro atoms. The lowest BCUT2D eigenvalue weighted by Gasteiger charge is -2.17. The summed E-state index contributed by atoms with van der Waals surface area (Å²) < 4.78 is 11.4. The maximum Gasteiger partial charge on any atom is 0.305 e. The van der Waals surface area contributed by atoms with E-state index in [-0.39, 0.29) is 37.1 Å². The van der Waals surface area contributed by atoms with Crippen LogP contribution in [0.25, 0.3) is 0 Å². The SMILES string of the molecule is [2H]COC(=O)CCCCCCC1C(=O)CC(O)C1/C=C/CCC. The van der Waals surface area contributed by atoms with E-state index >= 15 is 0 Å². The van der Waals surface area contributed by atoms with Gasteiger partial charge in [-0.25, -0.2) is 0 Å². The fourth-order valence-corrected chi connectivity index (χ4v) is 3.07. The smallest absolute Gasteiger partial charge is 0.305 e. The maximum atomic E-state index is 12.0. The van der Waals surface area contributed by atoms with Gasteiger partial charge in [0.2, 0.25) is 0 Å². The number of ether oxygens (including phenoxy) is 1. The van der Waals surface area contributed by atoms with Crippen LogP contribution >= 0.6 is 0 Å². The third-order valence-electron chi connectivity index (χ3n) is 4.35. The third kappa shape index (κ3) is 6.30. The Labute approximate surface area is 135 Å². The summed E-state index contributed by atoms with van der Waals surface area (Å²) in [6, 6.07) is 0. The minimum absolute atomic E-state index is 0.0268. The van der Waals surface area contributed by atoms with E-state index in [1.54, 1.807) is 0 Å². The Hall–Kier alpha value is -1.16. The molecular formula is C18H30O4. The van der Waals surface area contributed by atoms with Gasteiger partial charge in [0.25, 0.3) is 0 Å². The number of aliphatic hydroxyl groups is 1. The minimum Gasteiger partial charge on any atom is -0.469 e. The fourth-order valence-electron chi connectivity index (χ4n) is 3.07. The summed E-state index contributed by atoms with van der Waals surface area (Å²) in [5.74, 6) is -0.203. The Kier molecular flexibility index (Phi) is 8.24. The molecule has 1 aliphatic rings. The standard InChI is InChI=1S/C18H30O4/c1-3-4-7-10-14-15(17(20)13-16(14)19)11-8-5-6-9-12-18(21)22-2/h7,10,14-16,19H,3-6,8-9,11-13H2,1-2H3/b10-7+/i2D. The maximum absolute atomic E-state index is 12.0. The van der Waals surface area contributed by atoms with Gasteiger partial charge in [-0.1, -0.05) is 44.8 Å². The molecule has 3 atom stereocenters. The van der Waals surface area contributed by atoms with Crippen LogP contribution in [0.15, 0.2) is 12.2 Å². The first-order valence-electron chi connectivity index (χ1n) is 9.13. The molecule has 0 bridgehead atoms. The number of rotatable bonds is 10. The lowest BCUT2D eigenvalue weighted by molar-refractivity contribution is -0.140. The van der Waals surface area contributed by atoms with Crippen molar-refractivity contribution in [1.82, 2.24) is 0 Å². The minimum atomic E-state index is -0.528. The Morgan fingerprint density at radius 2 is 2.18 bits per heavy atom. The van der Waals surface area contributed by atoms with Crippen LogP contribution in [0.5, 0.6) is 0 Å². The molecule has 0 saturated heterocycles. The molecule has 4 heteroatoms. The van der Waals surface area contributed by atoms with E-state index in [1.807, 2.05) is 6.08 Å². The van der Waals surface area contributed by atoms with Crippen LogP contribution in [0.2, 0.25) is 0 Å². The number of hydrogen-bond donors (Lipinski definition) is 1. The van der Waals surface area contributed by atoms with Gasteiger partial charge in [0.1, 0.15) is 5.78 Å². The van der Waals surface area contributed by atoms with Crippen LogP contribution in [-0.2, 0) is 14.3 Å². The van der Waals surface area contributed by atoms with Crippen molar-refractivity contribution in [3.63, 3.8) is 0 Å². The second-order valence-electron chi connectivity index (χ2n) is 6.11. The molecule has 1 aliphatic carbocycles. The van der Waals surface area contributed by atoms with Crippen molar-refractivity contribution in [3.8, 4) is 0 Å². The van der Waals surface area contributed by atoms with Gasteiger partial charge >= 0.3 is 5.97 Å². The molecule has 0 aromatic carbocycles. The average molecular weight is 311 g/mol. The van der Waals surface area contributed by atoms with Crippen LogP contribution in [0, 0.1) is 11.8 Å². The molecular weight excluding hydrogens is 280 g/mol. The van der Waals surface area contributed by atoms with Gasteiger partial charge in [0.15, 0.2) is 0 Å². The highest BCUT2D eigenvalue weighted by molar-refractivity contribution is 5.84. The predicted octanol–water partition coefficient (Wildman–Crippen LogP) is 3.42. The Balaban J connectivity index is 2.26. The van der Waals surface area contributed by atoms with Crippen LogP contribution in [0.3, 0.4) is 0 Å². The molecule has 22 heavy (non-hydrogen) atoms. The van der Waals surface area contributed by atoms with E-state index in [4.69, 9.17) is 1.37 Å². The predicted molar refractivity (Wildman–Crippen MR) is 86.4 cm³/mol. The molecule has 0 aromatic rings. The summed E-state index contributed by atoms with van der Waals surface area (Å²) in [6.07, 6.45) is 10.7. The van der Waals surface area contributed by atoms with Crippen molar-refractivity contribution in [2.45, 2.75) is 70.8 Å². The van der Waals surface area contributed by atoms with Crippen LogP contribution in [0.4, 0.5) is 0 Å². The summed E-state index contributed by atoms with van der Waals surface area (Å²) in [5.41, 5.74) is 0. The monoisotopic (exact) mass is 311 g/mol. The molecule has 4 nitrogen and oxygen atoms in total. The summed E-state index contributed by atoms with van der Waals surface area (Å²) in [5, 5.41) is 10.0. The van der Waals surface area contributed by atoms with Gasteiger partial charge < -0.3 is 9.84 Å². The van der Waals surface area contributed by atoms with Crippen molar-refractivity contribution in [1.29, 1.82) is 0 Å². The largest absolute Gasteiger partial charge is 0.469 e. The van der Waals surface area contributed by atoms with Gasteiger partial charge in [0, 0.05) is 24.7 Å². The lowest BCUT2D eigenvalue weighted by Crippen LogP contribution is -2.18. The van der Waals surface area contributed by atoms with Crippen molar-refractivity contribution in [2.75, 3.05) is 7.09 Å². The molecule has 0 aromatic heterocycles. The number of ketones is 1. The molecule has 3 unspecified atom stereocenters. The van der Waals surface area contributed by atoms with Gasteiger partial charge in [-0.05, 0) is 19.3 Å². The van der Waals surface area contributed by atoms with E-state index in [0.29, 0.717) is 6.42 Å². The first-order valence-corrected chi connectivity index (χ1v) is 8.42. The summed E-state index contributed by atoms with van der Waals surface area (Å²) in [6.45, 7) is 2.11.